The van der Waals surface area contributed by atoms with Crippen molar-refractivity contribution >= 4 is 5.97 Å². The lowest BCUT2D eigenvalue weighted by Crippen LogP contribution is -2.39. The zero-order chi connectivity index (χ0) is 11.7. The first-order valence-electron chi connectivity index (χ1n) is 5.58. The SMILES string of the molecule is CCC(O)(CC)CNCCCC(=O)OC. The lowest BCUT2D eigenvalue weighted by Gasteiger charge is -2.25. The molecule has 0 fully saturated rings. The number of ether oxygens (including phenoxy) is 1. The van der Waals surface area contributed by atoms with Crippen molar-refractivity contribution in [1.82, 2.24) is 5.32 Å². The van der Waals surface area contributed by atoms with Crippen LogP contribution in [0.25, 0.3) is 0 Å². The molecule has 2 N–H and O–H groups in total. The van der Waals surface area contributed by atoms with E-state index in [-0.39, 0.29) is 5.97 Å². The Morgan fingerprint density at radius 1 is 1.40 bits per heavy atom. The molecule has 0 bridgehead atoms. The first-order valence-corrected chi connectivity index (χ1v) is 5.58. The molecular weight excluding hydrogens is 194 g/mol. The summed E-state index contributed by atoms with van der Waals surface area (Å²) in [5.74, 6) is -0.182. The molecule has 0 aliphatic rings. The molecule has 15 heavy (non-hydrogen) atoms. The fourth-order valence-corrected chi connectivity index (χ4v) is 1.28. The maximum Gasteiger partial charge on any atom is 0.305 e. The van der Waals surface area contributed by atoms with Crippen LogP contribution in [0.5, 0.6) is 0 Å². The zero-order valence-corrected chi connectivity index (χ0v) is 10.0. The number of nitrogens with one attached hydrogen (secondary N) is 1. The third-order valence-electron chi connectivity index (χ3n) is 2.73. The van der Waals surface area contributed by atoms with E-state index in [1.54, 1.807) is 0 Å². The molecule has 0 aromatic heterocycles. The normalized spacial score (nSPS) is 11.5. The summed E-state index contributed by atoms with van der Waals surface area (Å²) in [6.45, 7) is 5.26. The molecule has 4 heteroatoms. The van der Waals surface area contributed by atoms with Gasteiger partial charge in [0.15, 0.2) is 0 Å². The minimum atomic E-state index is -0.606. The number of methoxy groups -OCH3 is 1. The second kappa shape index (κ2) is 7.65. The topological polar surface area (TPSA) is 58.6 Å². The van der Waals surface area contributed by atoms with Crippen LogP contribution in [0.1, 0.15) is 39.5 Å². The highest BCUT2D eigenvalue weighted by molar-refractivity contribution is 5.69. The fraction of sp³-hybridized carbons (Fsp3) is 0.909. The van der Waals surface area contributed by atoms with Crippen LogP contribution in [-0.4, -0.2) is 36.9 Å². The summed E-state index contributed by atoms with van der Waals surface area (Å²) < 4.78 is 4.52. The van der Waals surface area contributed by atoms with E-state index in [0.29, 0.717) is 13.0 Å². The lowest BCUT2D eigenvalue weighted by atomic mass is 9.97. The molecule has 0 saturated heterocycles. The second-order valence-electron chi connectivity index (χ2n) is 3.79. The number of aliphatic hydroxyl groups is 1. The molecule has 0 aliphatic carbocycles. The average Bonchev–Trinajstić information content (AvgIpc) is 2.27. The van der Waals surface area contributed by atoms with E-state index in [0.717, 1.165) is 25.8 Å². The zero-order valence-electron chi connectivity index (χ0n) is 10.0. The van der Waals surface area contributed by atoms with Gasteiger partial charge in [0, 0.05) is 13.0 Å². The van der Waals surface area contributed by atoms with Crippen molar-refractivity contribution in [2.24, 2.45) is 0 Å². The van der Waals surface area contributed by atoms with Crippen molar-refractivity contribution in [3.8, 4) is 0 Å². The van der Waals surface area contributed by atoms with Gasteiger partial charge in [0.25, 0.3) is 0 Å². The molecule has 4 nitrogen and oxygen atoms in total. The van der Waals surface area contributed by atoms with E-state index in [1.165, 1.54) is 7.11 Å². The van der Waals surface area contributed by atoms with Crippen LogP contribution in [0.3, 0.4) is 0 Å². The van der Waals surface area contributed by atoms with Crippen molar-refractivity contribution in [3.63, 3.8) is 0 Å². The first kappa shape index (κ1) is 14.4. The molecule has 0 atom stereocenters. The summed E-state index contributed by atoms with van der Waals surface area (Å²) in [6.07, 6.45) is 2.66. The molecule has 0 unspecified atom stereocenters. The fourth-order valence-electron chi connectivity index (χ4n) is 1.28. The number of carbonyl (C=O) groups is 1. The minimum absolute atomic E-state index is 0.182. The van der Waals surface area contributed by atoms with Gasteiger partial charge in [0.05, 0.1) is 12.7 Å². The Labute approximate surface area is 92.0 Å². The van der Waals surface area contributed by atoms with E-state index in [4.69, 9.17) is 0 Å². The monoisotopic (exact) mass is 217 g/mol. The summed E-state index contributed by atoms with van der Waals surface area (Å²) in [6, 6.07) is 0. The van der Waals surface area contributed by atoms with Gasteiger partial charge in [-0.1, -0.05) is 13.8 Å². The number of hydrogen-bond donors (Lipinski definition) is 2. The predicted molar refractivity (Wildman–Crippen MR) is 59.7 cm³/mol. The highest BCUT2D eigenvalue weighted by atomic mass is 16.5. The second-order valence-corrected chi connectivity index (χ2v) is 3.79. The quantitative estimate of drug-likeness (QED) is 0.472. The van der Waals surface area contributed by atoms with Gasteiger partial charge in [0.2, 0.25) is 0 Å². The molecule has 0 radical (unpaired) electrons. The minimum Gasteiger partial charge on any atom is -0.469 e. The summed E-state index contributed by atoms with van der Waals surface area (Å²) >= 11 is 0. The van der Waals surface area contributed by atoms with Crippen molar-refractivity contribution in [1.29, 1.82) is 0 Å². The van der Waals surface area contributed by atoms with Gasteiger partial charge in [-0.2, -0.15) is 0 Å². The molecule has 0 aromatic carbocycles. The Morgan fingerprint density at radius 3 is 2.47 bits per heavy atom. The summed E-state index contributed by atoms with van der Waals surface area (Å²) in [7, 11) is 1.39. The average molecular weight is 217 g/mol. The molecule has 0 rings (SSSR count). The number of hydrogen-bond acceptors (Lipinski definition) is 4. The maximum atomic E-state index is 10.8. The van der Waals surface area contributed by atoms with Crippen LogP contribution in [0.15, 0.2) is 0 Å². The molecule has 0 spiro atoms. The van der Waals surface area contributed by atoms with Crippen LogP contribution in [0.2, 0.25) is 0 Å². The van der Waals surface area contributed by atoms with Gasteiger partial charge < -0.3 is 15.2 Å². The van der Waals surface area contributed by atoms with Crippen LogP contribution in [0.4, 0.5) is 0 Å². The highest BCUT2D eigenvalue weighted by Crippen LogP contribution is 2.12. The first-order chi connectivity index (χ1) is 7.08. The summed E-state index contributed by atoms with van der Waals surface area (Å²) in [4.78, 5) is 10.8. The molecule has 0 aliphatic heterocycles. The molecule has 0 saturated carbocycles. The highest BCUT2D eigenvalue weighted by Gasteiger charge is 2.20. The van der Waals surface area contributed by atoms with Gasteiger partial charge in [0.1, 0.15) is 0 Å². The lowest BCUT2D eigenvalue weighted by molar-refractivity contribution is -0.140. The predicted octanol–water partition coefficient (Wildman–Crippen LogP) is 1.08. The Hall–Kier alpha value is -0.610. The van der Waals surface area contributed by atoms with E-state index in [1.807, 2.05) is 13.8 Å². The summed E-state index contributed by atoms with van der Waals surface area (Å²) in [5, 5.41) is 13.1. The van der Waals surface area contributed by atoms with E-state index >= 15 is 0 Å². The number of carbonyl (C=O) groups excluding carboxylic acids is 1. The Bertz CT molecular complexity index is 179. The van der Waals surface area contributed by atoms with Gasteiger partial charge in [-0.15, -0.1) is 0 Å². The molecule has 90 valence electrons. The third kappa shape index (κ3) is 6.47. The van der Waals surface area contributed by atoms with E-state index in [2.05, 4.69) is 10.1 Å². The molecule has 0 heterocycles. The van der Waals surface area contributed by atoms with Gasteiger partial charge in [-0.25, -0.2) is 0 Å². The van der Waals surface area contributed by atoms with Crippen LogP contribution in [0, 0.1) is 0 Å². The van der Waals surface area contributed by atoms with Crippen molar-refractivity contribution in [2.75, 3.05) is 20.2 Å². The van der Waals surface area contributed by atoms with Crippen LogP contribution >= 0.6 is 0 Å². The molecule has 0 amide bonds. The number of rotatable bonds is 8. The standard InChI is InChI=1S/C11H23NO3/c1-4-11(14,5-2)9-12-8-6-7-10(13)15-3/h12,14H,4-9H2,1-3H3. The maximum absolute atomic E-state index is 10.8. The molecule has 0 aromatic rings. The number of esters is 1. The van der Waals surface area contributed by atoms with Crippen LogP contribution in [-0.2, 0) is 9.53 Å². The third-order valence-corrected chi connectivity index (χ3v) is 2.73. The van der Waals surface area contributed by atoms with Crippen LogP contribution < -0.4 is 5.32 Å². The van der Waals surface area contributed by atoms with E-state index in [9.17, 15) is 9.90 Å². The van der Waals surface area contributed by atoms with E-state index < -0.39 is 5.60 Å². The van der Waals surface area contributed by atoms with Crippen molar-refractivity contribution < 1.29 is 14.6 Å². The van der Waals surface area contributed by atoms with Gasteiger partial charge >= 0.3 is 5.97 Å². The van der Waals surface area contributed by atoms with Gasteiger partial charge in [-0.3, -0.25) is 4.79 Å². The van der Waals surface area contributed by atoms with Crippen molar-refractivity contribution in [3.05, 3.63) is 0 Å². The van der Waals surface area contributed by atoms with Gasteiger partial charge in [-0.05, 0) is 25.8 Å². The van der Waals surface area contributed by atoms with Crippen molar-refractivity contribution in [2.45, 2.75) is 45.1 Å². The summed E-state index contributed by atoms with van der Waals surface area (Å²) in [5.41, 5.74) is -0.606. The Kier molecular flexibility index (Phi) is 7.34. The largest absolute Gasteiger partial charge is 0.469 e. The Morgan fingerprint density at radius 2 is 2.00 bits per heavy atom. The smallest absolute Gasteiger partial charge is 0.305 e. The Balaban J connectivity index is 3.49. The molecular formula is C11H23NO3.